The molecule has 1 saturated carbocycles. The lowest BCUT2D eigenvalue weighted by atomic mass is 9.83. The second-order valence-electron chi connectivity index (χ2n) is 8.08. The molecule has 0 spiro atoms. The van der Waals surface area contributed by atoms with E-state index in [4.69, 9.17) is 15.7 Å². The number of carbonyl (C=O) groups is 3. The van der Waals surface area contributed by atoms with Gasteiger partial charge in [-0.2, -0.15) is 0 Å². The number of nitrogens with zero attached hydrogens (tertiary/aromatic N) is 2. The fourth-order valence-electron chi connectivity index (χ4n) is 3.93. The van der Waals surface area contributed by atoms with Crippen molar-refractivity contribution >= 4 is 23.6 Å². The minimum absolute atomic E-state index is 0.000265. The van der Waals surface area contributed by atoms with Gasteiger partial charge in [0.25, 0.3) is 0 Å². The van der Waals surface area contributed by atoms with Crippen LogP contribution in [-0.2, 0) is 25.5 Å². The van der Waals surface area contributed by atoms with Crippen LogP contribution >= 0.6 is 0 Å². The predicted molar refractivity (Wildman–Crippen MR) is 115 cm³/mol. The first kappa shape index (κ1) is 24.2. The monoisotopic (exact) mass is 432 g/mol. The minimum Gasteiger partial charge on any atom is -0.467 e. The van der Waals surface area contributed by atoms with E-state index in [0.29, 0.717) is 5.56 Å². The van der Waals surface area contributed by atoms with Gasteiger partial charge in [0.1, 0.15) is 12.0 Å². The number of esters is 1. The number of benzene rings is 1. The van der Waals surface area contributed by atoms with E-state index in [2.05, 4.69) is 10.5 Å². The van der Waals surface area contributed by atoms with Crippen molar-refractivity contribution in [2.45, 2.75) is 44.6 Å². The van der Waals surface area contributed by atoms with E-state index in [-0.39, 0.29) is 24.1 Å². The zero-order chi connectivity index (χ0) is 23.0. The number of hydrogen-bond acceptors (Lipinski definition) is 6. The third-order valence-corrected chi connectivity index (χ3v) is 5.73. The first-order chi connectivity index (χ1) is 14.8. The van der Waals surface area contributed by atoms with Gasteiger partial charge < -0.3 is 25.9 Å². The summed E-state index contributed by atoms with van der Waals surface area (Å²) in [7, 11) is 4.47. The molecular formula is C22H32N4O5. The highest BCUT2D eigenvalue weighted by Gasteiger charge is 2.36. The summed E-state index contributed by atoms with van der Waals surface area (Å²) in [6, 6.07) is 5.97. The van der Waals surface area contributed by atoms with Crippen molar-refractivity contribution in [1.29, 1.82) is 0 Å². The Morgan fingerprint density at radius 1 is 1.19 bits per heavy atom. The highest BCUT2D eigenvalue weighted by atomic mass is 16.5. The van der Waals surface area contributed by atoms with Gasteiger partial charge in [-0.25, -0.2) is 4.79 Å². The van der Waals surface area contributed by atoms with E-state index >= 15 is 0 Å². The number of nitrogens with two attached hydrogens (primary N) is 1. The first-order valence-corrected chi connectivity index (χ1v) is 10.4. The molecule has 170 valence electrons. The Morgan fingerprint density at radius 2 is 1.81 bits per heavy atom. The lowest BCUT2D eigenvalue weighted by Gasteiger charge is -2.30. The summed E-state index contributed by atoms with van der Waals surface area (Å²) in [6.45, 7) is 0. The molecular weight excluding hydrogens is 400 g/mol. The lowest BCUT2D eigenvalue weighted by Crippen LogP contribution is -2.51. The molecule has 0 saturated heterocycles. The molecule has 2 atom stereocenters. The van der Waals surface area contributed by atoms with E-state index in [1.807, 2.05) is 0 Å². The zero-order valence-electron chi connectivity index (χ0n) is 18.3. The number of oxime groups is 1. The van der Waals surface area contributed by atoms with Crippen LogP contribution in [0.15, 0.2) is 29.4 Å². The van der Waals surface area contributed by atoms with Crippen molar-refractivity contribution in [1.82, 2.24) is 10.2 Å². The normalized spacial score (nSPS) is 16.8. The van der Waals surface area contributed by atoms with Crippen LogP contribution in [0.5, 0.6) is 0 Å². The predicted octanol–water partition coefficient (Wildman–Crippen LogP) is 1.27. The van der Waals surface area contributed by atoms with E-state index in [1.165, 1.54) is 12.0 Å². The first-order valence-electron chi connectivity index (χ1n) is 10.4. The van der Waals surface area contributed by atoms with Crippen LogP contribution in [-0.4, -0.2) is 61.0 Å². The van der Waals surface area contributed by atoms with Gasteiger partial charge in [-0.3, -0.25) is 9.59 Å². The molecule has 9 nitrogen and oxygen atoms in total. The molecule has 1 unspecified atom stereocenters. The summed E-state index contributed by atoms with van der Waals surface area (Å²) in [5.41, 5.74) is 6.84. The van der Waals surface area contributed by atoms with Gasteiger partial charge in [-0.05, 0) is 30.7 Å². The molecule has 0 bridgehead atoms. The Labute approximate surface area is 182 Å². The summed E-state index contributed by atoms with van der Waals surface area (Å²) >= 11 is 0. The molecule has 1 aliphatic carbocycles. The topological polar surface area (TPSA) is 134 Å². The van der Waals surface area contributed by atoms with Gasteiger partial charge >= 0.3 is 5.97 Å². The maximum absolute atomic E-state index is 13.1. The molecule has 1 aliphatic rings. The summed E-state index contributed by atoms with van der Waals surface area (Å²) in [5, 5.41) is 14.5. The highest BCUT2D eigenvalue weighted by Crippen LogP contribution is 2.27. The average Bonchev–Trinajstić information content (AvgIpc) is 2.80. The number of hydrogen-bond donors (Lipinski definition) is 3. The summed E-state index contributed by atoms with van der Waals surface area (Å²) in [6.07, 6.45) is 4.93. The maximum Gasteiger partial charge on any atom is 0.328 e. The van der Waals surface area contributed by atoms with Crippen LogP contribution in [0.4, 0.5) is 0 Å². The summed E-state index contributed by atoms with van der Waals surface area (Å²) in [4.78, 5) is 39.7. The SMILES string of the molecule is COC(=O)[C@@H](NC(=O)C(Cc1ccc(C(N)=NO)cc1)C(=O)N(C)C)C1CCCCC1. The number of ether oxygens (including phenoxy) is 1. The number of methoxy groups -OCH3 is 1. The molecule has 0 aliphatic heterocycles. The van der Waals surface area contributed by atoms with Gasteiger partial charge in [-0.15, -0.1) is 0 Å². The number of amidine groups is 1. The molecule has 1 fully saturated rings. The van der Waals surface area contributed by atoms with Crippen molar-refractivity contribution in [3.63, 3.8) is 0 Å². The van der Waals surface area contributed by atoms with Crippen molar-refractivity contribution in [3.05, 3.63) is 35.4 Å². The van der Waals surface area contributed by atoms with Crippen LogP contribution in [0.25, 0.3) is 0 Å². The second kappa shape index (κ2) is 11.3. The minimum atomic E-state index is -1.000. The molecule has 0 radical (unpaired) electrons. The smallest absolute Gasteiger partial charge is 0.328 e. The molecule has 0 heterocycles. The largest absolute Gasteiger partial charge is 0.467 e. The van der Waals surface area contributed by atoms with Crippen LogP contribution in [0, 0.1) is 11.8 Å². The maximum atomic E-state index is 13.1. The highest BCUT2D eigenvalue weighted by molar-refractivity contribution is 6.01. The van der Waals surface area contributed by atoms with Crippen LogP contribution in [0.1, 0.15) is 43.2 Å². The average molecular weight is 433 g/mol. The second-order valence-corrected chi connectivity index (χ2v) is 8.08. The van der Waals surface area contributed by atoms with Gasteiger partial charge in [0.15, 0.2) is 5.84 Å². The third kappa shape index (κ3) is 6.44. The van der Waals surface area contributed by atoms with Crippen molar-refractivity contribution in [2.24, 2.45) is 22.7 Å². The molecule has 2 amide bonds. The van der Waals surface area contributed by atoms with Crippen molar-refractivity contribution in [2.75, 3.05) is 21.2 Å². The Balaban J connectivity index is 2.22. The molecule has 0 aromatic heterocycles. The van der Waals surface area contributed by atoms with Gasteiger partial charge in [0.05, 0.1) is 7.11 Å². The number of amides is 2. The van der Waals surface area contributed by atoms with Crippen molar-refractivity contribution < 1.29 is 24.3 Å². The Morgan fingerprint density at radius 3 is 2.32 bits per heavy atom. The fourth-order valence-corrected chi connectivity index (χ4v) is 3.93. The Kier molecular flexibility index (Phi) is 8.84. The molecule has 4 N–H and O–H groups in total. The van der Waals surface area contributed by atoms with Gasteiger partial charge in [0, 0.05) is 19.7 Å². The van der Waals surface area contributed by atoms with E-state index in [1.54, 1.807) is 38.4 Å². The number of carbonyl (C=O) groups excluding carboxylic acids is 3. The quantitative estimate of drug-likeness (QED) is 0.141. The van der Waals surface area contributed by atoms with E-state index in [9.17, 15) is 14.4 Å². The number of nitrogens with one attached hydrogen (secondary N) is 1. The van der Waals surface area contributed by atoms with Gasteiger partial charge in [0.2, 0.25) is 11.8 Å². The molecule has 2 rings (SSSR count). The third-order valence-electron chi connectivity index (χ3n) is 5.73. The fraction of sp³-hybridized carbons (Fsp3) is 0.545. The zero-order valence-corrected chi connectivity index (χ0v) is 18.3. The Hall–Kier alpha value is -3.10. The molecule has 9 heteroatoms. The lowest BCUT2D eigenvalue weighted by molar-refractivity contribution is -0.149. The number of rotatable bonds is 8. The van der Waals surface area contributed by atoms with Gasteiger partial charge in [-0.1, -0.05) is 48.7 Å². The van der Waals surface area contributed by atoms with E-state index < -0.39 is 23.8 Å². The van der Waals surface area contributed by atoms with Crippen LogP contribution in [0.2, 0.25) is 0 Å². The van der Waals surface area contributed by atoms with Crippen LogP contribution in [0.3, 0.4) is 0 Å². The summed E-state index contributed by atoms with van der Waals surface area (Å²) in [5.74, 6) is -2.37. The van der Waals surface area contributed by atoms with Crippen LogP contribution < -0.4 is 11.1 Å². The molecule has 1 aromatic carbocycles. The molecule has 31 heavy (non-hydrogen) atoms. The van der Waals surface area contributed by atoms with E-state index in [0.717, 1.165) is 37.7 Å². The molecule has 1 aromatic rings. The standard InChI is InChI=1S/C22H32N4O5/c1-26(2)21(28)17(13-14-9-11-16(12-10-14)19(23)25-30)20(27)24-18(22(29)31-3)15-7-5-4-6-8-15/h9-12,15,17-18,30H,4-8,13H2,1-3H3,(H2,23,25)(H,24,27)/t17?,18-/m0/s1. The van der Waals surface area contributed by atoms with Crippen molar-refractivity contribution in [3.8, 4) is 0 Å². The Bertz CT molecular complexity index is 801. The summed E-state index contributed by atoms with van der Waals surface area (Å²) < 4.78 is 4.93.